The highest BCUT2D eigenvalue weighted by Gasteiger charge is 2.36. The number of aryl methyl sites for hydroxylation is 1. The molecule has 1 atom stereocenters. The Morgan fingerprint density at radius 3 is 2.70 bits per heavy atom. The van der Waals surface area contributed by atoms with Gasteiger partial charge in [-0.2, -0.15) is 0 Å². The smallest absolute Gasteiger partial charge is 0.0848 e. The van der Waals surface area contributed by atoms with Crippen LogP contribution >= 0.6 is 23.2 Å². The number of rotatable bonds is 4. The summed E-state index contributed by atoms with van der Waals surface area (Å²) >= 11 is 12.4. The lowest BCUT2D eigenvalue weighted by Gasteiger charge is -2.48. The van der Waals surface area contributed by atoms with Gasteiger partial charge in [-0.05, 0) is 80.5 Å². The van der Waals surface area contributed by atoms with Crippen LogP contribution in [0.15, 0.2) is 35.3 Å². The molecular formula is C23H28Cl2N2. The van der Waals surface area contributed by atoms with Gasteiger partial charge in [0, 0.05) is 24.0 Å². The minimum absolute atomic E-state index is 0.179. The summed E-state index contributed by atoms with van der Waals surface area (Å²) in [5.74, 6) is 0.519. The Hall–Kier alpha value is -1.51. The predicted octanol–water partition coefficient (Wildman–Crippen LogP) is 7.55. The Kier molecular flexibility index (Phi) is 5.88. The molecule has 144 valence electrons. The maximum absolute atomic E-state index is 6.27. The van der Waals surface area contributed by atoms with E-state index in [0.717, 1.165) is 24.9 Å². The fraction of sp³-hybridized carbons (Fsp3) is 0.435. The molecule has 27 heavy (non-hydrogen) atoms. The van der Waals surface area contributed by atoms with Crippen molar-refractivity contribution in [2.45, 2.75) is 58.9 Å². The number of hydrogen-bond donors (Lipinski definition) is 0. The van der Waals surface area contributed by atoms with Crippen LogP contribution in [0.2, 0.25) is 10.0 Å². The third-order valence-corrected chi connectivity index (χ3v) is 6.30. The van der Waals surface area contributed by atoms with Gasteiger partial charge in [-0.3, -0.25) is 4.99 Å². The van der Waals surface area contributed by atoms with E-state index in [0.29, 0.717) is 21.7 Å². The van der Waals surface area contributed by atoms with E-state index in [2.05, 4.69) is 56.6 Å². The zero-order valence-corrected chi connectivity index (χ0v) is 18.3. The highest BCUT2D eigenvalue weighted by molar-refractivity contribution is 6.43. The van der Waals surface area contributed by atoms with Crippen molar-refractivity contribution < 1.29 is 0 Å². The van der Waals surface area contributed by atoms with Crippen molar-refractivity contribution in [3.05, 3.63) is 57.1 Å². The maximum Gasteiger partial charge on any atom is 0.0848 e. The highest BCUT2D eigenvalue weighted by atomic mass is 35.5. The SMILES string of the molecule is CCCN1c2cc(C)c(C=Nc3cccc(Cl)c3Cl)cc2C(C)CC1(C)C. The summed E-state index contributed by atoms with van der Waals surface area (Å²) in [5.41, 5.74) is 6.01. The van der Waals surface area contributed by atoms with E-state index in [-0.39, 0.29) is 5.54 Å². The number of benzene rings is 2. The number of anilines is 1. The summed E-state index contributed by atoms with van der Waals surface area (Å²) in [7, 11) is 0. The van der Waals surface area contributed by atoms with Crippen molar-refractivity contribution in [1.82, 2.24) is 0 Å². The monoisotopic (exact) mass is 402 g/mol. The average molecular weight is 403 g/mol. The Labute approximate surface area is 173 Å². The Balaban J connectivity index is 2.02. The molecule has 1 heterocycles. The molecule has 0 spiro atoms. The molecule has 2 nitrogen and oxygen atoms in total. The molecule has 0 aliphatic carbocycles. The first-order chi connectivity index (χ1) is 12.7. The fourth-order valence-corrected chi connectivity index (χ4v) is 4.51. The van der Waals surface area contributed by atoms with Gasteiger partial charge >= 0.3 is 0 Å². The number of nitrogens with zero attached hydrogens (tertiary/aromatic N) is 2. The first-order valence-electron chi connectivity index (χ1n) is 9.65. The topological polar surface area (TPSA) is 15.6 Å². The average Bonchev–Trinajstić information content (AvgIpc) is 2.60. The van der Waals surface area contributed by atoms with Crippen LogP contribution in [0.5, 0.6) is 0 Å². The maximum atomic E-state index is 6.27. The van der Waals surface area contributed by atoms with E-state index in [9.17, 15) is 0 Å². The van der Waals surface area contributed by atoms with E-state index >= 15 is 0 Å². The van der Waals surface area contributed by atoms with Crippen LogP contribution in [-0.4, -0.2) is 18.3 Å². The Morgan fingerprint density at radius 1 is 1.26 bits per heavy atom. The second-order valence-electron chi connectivity index (χ2n) is 8.17. The molecule has 3 rings (SSSR count). The molecule has 0 saturated heterocycles. The van der Waals surface area contributed by atoms with Crippen LogP contribution in [0.3, 0.4) is 0 Å². The van der Waals surface area contributed by atoms with Crippen LogP contribution in [-0.2, 0) is 0 Å². The summed E-state index contributed by atoms with van der Waals surface area (Å²) in [5, 5.41) is 1.02. The molecule has 4 heteroatoms. The molecule has 0 amide bonds. The molecule has 1 aliphatic heterocycles. The normalized spacial score (nSPS) is 18.8. The van der Waals surface area contributed by atoms with Crippen LogP contribution in [0.1, 0.15) is 63.1 Å². The molecule has 0 fully saturated rings. The summed E-state index contributed by atoms with van der Waals surface area (Å²) in [6.07, 6.45) is 4.20. The van der Waals surface area contributed by atoms with Gasteiger partial charge in [0.25, 0.3) is 0 Å². The lowest BCUT2D eigenvalue weighted by atomic mass is 9.79. The van der Waals surface area contributed by atoms with Crippen molar-refractivity contribution in [3.63, 3.8) is 0 Å². The van der Waals surface area contributed by atoms with Crippen LogP contribution < -0.4 is 4.90 Å². The molecule has 0 bridgehead atoms. The van der Waals surface area contributed by atoms with E-state index in [1.54, 1.807) is 6.07 Å². The van der Waals surface area contributed by atoms with Crippen molar-refractivity contribution in [2.75, 3.05) is 11.4 Å². The zero-order chi connectivity index (χ0) is 19.8. The van der Waals surface area contributed by atoms with Gasteiger partial charge in [0.1, 0.15) is 0 Å². The van der Waals surface area contributed by atoms with Crippen LogP contribution in [0, 0.1) is 6.92 Å². The van der Waals surface area contributed by atoms with Gasteiger partial charge in [0.15, 0.2) is 0 Å². The Bertz CT molecular complexity index is 871. The first-order valence-corrected chi connectivity index (χ1v) is 10.4. The van der Waals surface area contributed by atoms with E-state index in [4.69, 9.17) is 23.2 Å². The lowest BCUT2D eigenvalue weighted by molar-refractivity contribution is 0.376. The number of hydrogen-bond acceptors (Lipinski definition) is 2. The van der Waals surface area contributed by atoms with Gasteiger partial charge < -0.3 is 4.90 Å². The van der Waals surface area contributed by atoms with Crippen molar-refractivity contribution in [3.8, 4) is 0 Å². The van der Waals surface area contributed by atoms with Crippen molar-refractivity contribution >= 4 is 40.8 Å². The van der Waals surface area contributed by atoms with Gasteiger partial charge in [-0.15, -0.1) is 0 Å². The largest absolute Gasteiger partial charge is 0.366 e. The molecule has 0 saturated carbocycles. The number of fused-ring (bicyclic) bond motifs is 1. The summed E-state index contributed by atoms with van der Waals surface area (Å²) in [6, 6.07) is 10.2. The van der Waals surface area contributed by atoms with Gasteiger partial charge in [-0.1, -0.05) is 43.1 Å². The minimum atomic E-state index is 0.179. The summed E-state index contributed by atoms with van der Waals surface area (Å²) in [4.78, 5) is 7.17. The molecule has 2 aromatic carbocycles. The third-order valence-electron chi connectivity index (χ3n) is 5.49. The second kappa shape index (κ2) is 7.85. The van der Waals surface area contributed by atoms with E-state index in [1.807, 2.05) is 18.3 Å². The van der Waals surface area contributed by atoms with Crippen molar-refractivity contribution in [1.29, 1.82) is 0 Å². The molecule has 0 N–H and O–H groups in total. The third kappa shape index (κ3) is 4.02. The summed E-state index contributed by atoms with van der Waals surface area (Å²) in [6.45, 7) is 12.5. The Morgan fingerprint density at radius 2 is 2.00 bits per heavy atom. The summed E-state index contributed by atoms with van der Waals surface area (Å²) < 4.78 is 0. The first kappa shape index (κ1) is 20.2. The molecule has 1 aliphatic rings. The number of halogens is 2. The minimum Gasteiger partial charge on any atom is -0.366 e. The van der Waals surface area contributed by atoms with Gasteiger partial charge in [0.2, 0.25) is 0 Å². The van der Waals surface area contributed by atoms with Gasteiger partial charge in [-0.25, -0.2) is 0 Å². The molecule has 0 radical (unpaired) electrons. The fourth-order valence-electron chi connectivity index (χ4n) is 4.17. The molecule has 0 aromatic heterocycles. The zero-order valence-electron chi connectivity index (χ0n) is 16.8. The van der Waals surface area contributed by atoms with Crippen LogP contribution in [0.4, 0.5) is 11.4 Å². The second-order valence-corrected chi connectivity index (χ2v) is 8.95. The molecule has 1 unspecified atom stereocenters. The van der Waals surface area contributed by atoms with Crippen molar-refractivity contribution in [2.24, 2.45) is 4.99 Å². The van der Waals surface area contributed by atoms with E-state index in [1.165, 1.54) is 16.8 Å². The van der Waals surface area contributed by atoms with E-state index < -0.39 is 0 Å². The van der Waals surface area contributed by atoms with Gasteiger partial charge in [0.05, 0.1) is 15.7 Å². The lowest BCUT2D eigenvalue weighted by Crippen LogP contribution is -2.48. The number of aliphatic imine (C=N–C) groups is 1. The quantitative estimate of drug-likeness (QED) is 0.481. The predicted molar refractivity (Wildman–Crippen MR) is 120 cm³/mol. The highest BCUT2D eigenvalue weighted by Crippen LogP contribution is 2.44. The van der Waals surface area contributed by atoms with Crippen LogP contribution in [0.25, 0.3) is 0 Å². The molecule has 2 aromatic rings. The molecular weight excluding hydrogens is 375 g/mol. The standard InChI is InChI=1S/C23H28Cl2N2/c1-6-10-27-21-11-15(2)17(12-18(21)16(3)13-23(27,4)5)14-26-20-9-7-8-19(24)22(20)25/h7-9,11-12,14,16H,6,10,13H2,1-5H3.